The van der Waals surface area contributed by atoms with E-state index >= 15 is 0 Å². The largest absolute Gasteiger partial charge is 0.416 e. The average Bonchev–Trinajstić information content (AvgIpc) is 3.02. The molecule has 1 aromatic heterocycles. The van der Waals surface area contributed by atoms with Gasteiger partial charge in [-0.15, -0.1) is 0 Å². The molecule has 0 spiro atoms. The van der Waals surface area contributed by atoms with Gasteiger partial charge in [0, 0.05) is 0 Å². The van der Waals surface area contributed by atoms with Crippen LogP contribution in [0.5, 0.6) is 0 Å². The van der Waals surface area contributed by atoms with Crippen LogP contribution in [0.3, 0.4) is 0 Å². The number of aromatic amines is 1. The van der Waals surface area contributed by atoms with Crippen molar-refractivity contribution in [3.8, 4) is 0 Å². The molecule has 0 aliphatic carbocycles. The van der Waals surface area contributed by atoms with Crippen LogP contribution in [0.1, 0.15) is 55.9 Å². The van der Waals surface area contributed by atoms with Crippen molar-refractivity contribution in [1.29, 1.82) is 0 Å². The monoisotopic (exact) mass is 370 g/mol. The van der Waals surface area contributed by atoms with Crippen molar-refractivity contribution >= 4 is 5.91 Å². The van der Waals surface area contributed by atoms with Crippen LogP contribution < -0.4 is 5.32 Å². The molecule has 2 rings (SSSR count). The molecule has 1 aromatic carbocycles. The lowest BCUT2D eigenvalue weighted by Gasteiger charge is -2.16. The number of halogens is 3. The number of hydrogen-bond donors (Lipinski definition) is 3. The normalized spacial score (nSPS) is 13.5. The van der Waals surface area contributed by atoms with Crippen molar-refractivity contribution in [2.24, 2.45) is 0 Å². The molecule has 26 heavy (non-hydrogen) atoms. The summed E-state index contributed by atoms with van der Waals surface area (Å²) in [5.74, 6) is -0.594. The Labute approximate surface area is 148 Å². The van der Waals surface area contributed by atoms with Crippen LogP contribution in [0.4, 0.5) is 13.2 Å². The molecule has 0 aliphatic rings. The van der Waals surface area contributed by atoms with Gasteiger partial charge in [-0.25, -0.2) is 4.98 Å². The van der Waals surface area contributed by atoms with Crippen molar-refractivity contribution in [3.05, 3.63) is 47.0 Å². The predicted molar refractivity (Wildman–Crippen MR) is 88.0 cm³/mol. The number of alkyl halides is 3. The van der Waals surface area contributed by atoms with Gasteiger partial charge in [0.2, 0.25) is 5.91 Å². The second-order valence-electron chi connectivity index (χ2n) is 6.47. The van der Waals surface area contributed by atoms with Crippen LogP contribution in [0.25, 0.3) is 0 Å². The molecule has 9 heteroatoms. The molecule has 0 radical (unpaired) electrons. The van der Waals surface area contributed by atoms with E-state index in [-0.39, 0.29) is 12.4 Å². The van der Waals surface area contributed by atoms with E-state index in [1.54, 1.807) is 6.92 Å². The summed E-state index contributed by atoms with van der Waals surface area (Å²) in [7, 11) is 0. The van der Waals surface area contributed by atoms with E-state index in [9.17, 15) is 23.1 Å². The van der Waals surface area contributed by atoms with Crippen molar-refractivity contribution in [1.82, 2.24) is 20.5 Å². The van der Waals surface area contributed by atoms with Gasteiger partial charge in [0.25, 0.3) is 0 Å². The number of nitrogens with one attached hydrogen (secondary N) is 2. The van der Waals surface area contributed by atoms with Gasteiger partial charge in [0.1, 0.15) is 11.4 Å². The van der Waals surface area contributed by atoms with Crippen molar-refractivity contribution in [2.75, 3.05) is 0 Å². The van der Waals surface area contributed by atoms with Crippen LogP contribution >= 0.6 is 0 Å². The Bertz CT molecular complexity index is 766. The highest BCUT2D eigenvalue weighted by atomic mass is 19.4. The van der Waals surface area contributed by atoms with Crippen molar-refractivity contribution < 1.29 is 23.1 Å². The lowest BCUT2D eigenvalue weighted by atomic mass is 9.94. The minimum atomic E-state index is -4.46. The zero-order valence-electron chi connectivity index (χ0n) is 14.7. The summed E-state index contributed by atoms with van der Waals surface area (Å²) in [4.78, 5) is 16.5. The minimum absolute atomic E-state index is 0.0252. The smallest absolute Gasteiger partial charge is 0.382 e. The summed E-state index contributed by atoms with van der Waals surface area (Å²) < 4.78 is 38.6. The Morgan fingerprint density at radius 1 is 1.35 bits per heavy atom. The number of aromatic nitrogens is 3. The first kappa shape index (κ1) is 19.9. The fraction of sp³-hybridized carbons (Fsp3) is 0.471. The number of benzene rings is 1. The van der Waals surface area contributed by atoms with E-state index < -0.39 is 29.2 Å². The average molecular weight is 370 g/mol. The first-order chi connectivity index (χ1) is 12.0. The molecular weight excluding hydrogens is 349 g/mol. The molecule has 0 saturated carbocycles. The fourth-order valence-corrected chi connectivity index (χ4v) is 2.45. The molecule has 1 unspecified atom stereocenters. The van der Waals surface area contributed by atoms with Crippen molar-refractivity contribution in [2.45, 2.75) is 51.4 Å². The van der Waals surface area contributed by atoms with Crippen LogP contribution in [-0.2, 0) is 23.1 Å². The Hall–Kier alpha value is -2.42. The van der Waals surface area contributed by atoms with Gasteiger partial charge in [0.15, 0.2) is 5.82 Å². The maximum Gasteiger partial charge on any atom is 0.416 e. The number of rotatable bonds is 6. The molecule has 1 amide bonds. The molecule has 2 aromatic rings. The molecular formula is C17H21F3N4O2. The highest BCUT2D eigenvalue weighted by Gasteiger charge is 2.31. The molecule has 0 saturated heterocycles. The summed E-state index contributed by atoms with van der Waals surface area (Å²) in [6.45, 7) is 4.81. The second kappa shape index (κ2) is 7.45. The van der Waals surface area contributed by atoms with Gasteiger partial charge in [-0.05, 0) is 31.9 Å². The SMILES string of the molecule is CCC(C(=O)NCc1nc(C(C)(C)O)n[nH]1)c1cccc(C(F)(F)F)c1. The number of hydrogen-bond acceptors (Lipinski definition) is 4. The maximum absolute atomic E-state index is 12.9. The van der Waals surface area contributed by atoms with Gasteiger partial charge in [0.05, 0.1) is 18.0 Å². The summed E-state index contributed by atoms with van der Waals surface area (Å²) in [5, 5.41) is 18.9. The molecule has 1 atom stereocenters. The van der Waals surface area contributed by atoms with Gasteiger partial charge >= 0.3 is 6.18 Å². The topological polar surface area (TPSA) is 90.9 Å². The van der Waals surface area contributed by atoms with E-state index in [0.29, 0.717) is 17.8 Å². The quantitative estimate of drug-likeness (QED) is 0.729. The number of amides is 1. The van der Waals surface area contributed by atoms with E-state index in [0.717, 1.165) is 12.1 Å². The lowest BCUT2D eigenvalue weighted by Crippen LogP contribution is -2.29. The summed E-state index contributed by atoms with van der Waals surface area (Å²) in [6.07, 6.45) is -4.11. The Morgan fingerprint density at radius 3 is 2.58 bits per heavy atom. The second-order valence-corrected chi connectivity index (χ2v) is 6.47. The third kappa shape index (κ3) is 4.81. The fourth-order valence-electron chi connectivity index (χ4n) is 2.45. The Morgan fingerprint density at radius 2 is 2.04 bits per heavy atom. The summed E-state index contributed by atoms with van der Waals surface area (Å²) >= 11 is 0. The van der Waals surface area contributed by atoms with Crippen LogP contribution in [-0.4, -0.2) is 26.2 Å². The first-order valence-electron chi connectivity index (χ1n) is 8.11. The number of carbonyl (C=O) groups is 1. The Balaban J connectivity index is 2.08. The number of carbonyl (C=O) groups excluding carboxylic acids is 1. The molecule has 0 aliphatic heterocycles. The lowest BCUT2D eigenvalue weighted by molar-refractivity contribution is -0.137. The molecule has 0 fully saturated rings. The Kier molecular flexibility index (Phi) is 5.70. The number of nitrogens with zero attached hydrogens (tertiary/aromatic N) is 2. The van der Waals surface area contributed by atoms with E-state index in [2.05, 4.69) is 20.5 Å². The molecule has 142 valence electrons. The van der Waals surface area contributed by atoms with E-state index in [4.69, 9.17) is 0 Å². The molecule has 3 N–H and O–H groups in total. The van der Waals surface area contributed by atoms with Crippen LogP contribution in [0.2, 0.25) is 0 Å². The molecule has 0 bridgehead atoms. The standard InChI is InChI=1S/C17H21F3N4O2/c1-4-12(10-6-5-7-11(8-10)17(18,19)20)14(25)21-9-13-22-15(24-23-13)16(2,3)26/h5-8,12,26H,4,9H2,1-3H3,(H,21,25)(H,22,23,24). The predicted octanol–water partition coefficient (Wildman–Crippen LogP) is 2.86. The van der Waals surface area contributed by atoms with E-state index in [1.165, 1.54) is 26.0 Å². The molecule has 6 nitrogen and oxygen atoms in total. The minimum Gasteiger partial charge on any atom is -0.382 e. The van der Waals surface area contributed by atoms with Gasteiger partial charge in [-0.3, -0.25) is 9.89 Å². The highest BCUT2D eigenvalue weighted by molar-refractivity contribution is 5.83. The van der Waals surface area contributed by atoms with Gasteiger partial charge < -0.3 is 10.4 Å². The molecule has 1 heterocycles. The third-order valence-corrected chi connectivity index (χ3v) is 3.85. The van der Waals surface area contributed by atoms with Gasteiger partial charge in [-0.1, -0.05) is 25.1 Å². The maximum atomic E-state index is 12.9. The number of aliphatic hydroxyl groups is 1. The van der Waals surface area contributed by atoms with Gasteiger partial charge in [-0.2, -0.15) is 18.3 Å². The van der Waals surface area contributed by atoms with Crippen LogP contribution in [0.15, 0.2) is 24.3 Å². The van der Waals surface area contributed by atoms with Crippen molar-refractivity contribution in [3.63, 3.8) is 0 Å². The third-order valence-electron chi connectivity index (χ3n) is 3.85. The summed E-state index contributed by atoms with van der Waals surface area (Å²) in [5.41, 5.74) is -1.70. The summed E-state index contributed by atoms with van der Waals surface area (Å²) in [6, 6.07) is 4.76. The van der Waals surface area contributed by atoms with Crippen LogP contribution in [0, 0.1) is 0 Å². The first-order valence-corrected chi connectivity index (χ1v) is 8.11. The zero-order chi connectivity index (χ0) is 19.5. The zero-order valence-corrected chi connectivity index (χ0v) is 14.7. The highest BCUT2D eigenvalue weighted by Crippen LogP contribution is 2.31. The number of H-pyrrole nitrogens is 1. The van der Waals surface area contributed by atoms with E-state index in [1.807, 2.05) is 0 Å².